The van der Waals surface area contributed by atoms with Crippen LogP contribution in [0, 0.1) is 11.6 Å². The van der Waals surface area contributed by atoms with Crippen LogP contribution in [0.25, 0.3) is 0 Å². The van der Waals surface area contributed by atoms with Gasteiger partial charge in [-0.05, 0) is 30.5 Å². The minimum atomic E-state index is -1.57. The summed E-state index contributed by atoms with van der Waals surface area (Å²) in [6.07, 6.45) is 0.851. The van der Waals surface area contributed by atoms with Crippen molar-refractivity contribution < 1.29 is 28.6 Å². The highest BCUT2D eigenvalue weighted by Gasteiger charge is 2.46. The maximum atomic E-state index is 13.3. The first-order chi connectivity index (χ1) is 8.35. The Kier molecular flexibility index (Phi) is 2.80. The molecule has 96 valence electrons. The van der Waals surface area contributed by atoms with Crippen LogP contribution in [0.2, 0.25) is 0 Å². The molecule has 1 aliphatic carbocycles. The van der Waals surface area contributed by atoms with Gasteiger partial charge >= 0.3 is 11.9 Å². The summed E-state index contributed by atoms with van der Waals surface area (Å²) in [6, 6.07) is 1.91. The van der Waals surface area contributed by atoms with Crippen LogP contribution in [0.1, 0.15) is 35.2 Å². The number of halogens is 2. The van der Waals surface area contributed by atoms with Gasteiger partial charge in [0.25, 0.3) is 0 Å². The molecule has 4 nitrogen and oxygen atoms in total. The summed E-state index contributed by atoms with van der Waals surface area (Å²) in [5.41, 5.74) is -1.27. The van der Waals surface area contributed by atoms with E-state index in [0.29, 0.717) is 12.8 Å². The van der Waals surface area contributed by atoms with Crippen LogP contribution in [0.4, 0.5) is 8.78 Å². The monoisotopic (exact) mass is 256 g/mol. The van der Waals surface area contributed by atoms with E-state index >= 15 is 0 Å². The Balaban J connectivity index is 2.47. The molecule has 1 fully saturated rings. The molecule has 18 heavy (non-hydrogen) atoms. The molecule has 0 atom stereocenters. The Bertz CT molecular complexity index is 535. The summed E-state index contributed by atoms with van der Waals surface area (Å²) in [5, 5.41) is 17.5. The number of rotatable bonds is 4. The molecule has 0 aliphatic heterocycles. The van der Waals surface area contributed by atoms with Gasteiger partial charge in [0.1, 0.15) is 0 Å². The molecule has 0 amide bonds. The molecule has 0 radical (unpaired) electrons. The second-order valence-electron chi connectivity index (χ2n) is 4.48. The molecule has 2 rings (SSSR count). The number of aliphatic carboxylic acids is 1. The lowest BCUT2D eigenvalue weighted by molar-refractivity contribution is -0.137. The molecule has 0 unspecified atom stereocenters. The number of benzene rings is 1. The average molecular weight is 256 g/mol. The standard InChI is InChI=1S/C12H10F2O4/c13-8-4-6(3-7(10(8)14)11(17)18)12(1-2-12)5-9(15)16/h3-4H,1-2,5H2,(H,15,16)(H,17,18). The maximum absolute atomic E-state index is 13.3. The van der Waals surface area contributed by atoms with E-state index in [1.807, 2.05) is 0 Å². The van der Waals surface area contributed by atoms with Gasteiger partial charge in [-0.15, -0.1) is 0 Å². The van der Waals surface area contributed by atoms with Gasteiger partial charge in [-0.3, -0.25) is 4.79 Å². The highest BCUT2D eigenvalue weighted by Crippen LogP contribution is 2.51. The van der Waals surface area contributed by atoms with E-state index in [1.165, 1.54) is 0 Å². The topological polar surface area (TPSA) is 74.6 Å². The van der Waals surface area contributed by atoms with Crippen molar-refractivity contribution in [2.24, 2.45) is 0 Å². The highest BCUT2D eigenvalue weighted by molar-refractivity contribution is 5.88. The molecule has 0 aromatic heterocycles. The summed E-state index contributed by atoms with van der Waals surface area (Å²) in [6.45, 7) is 0. The van der Waals surface area contributed by atoms with Crippen LogP contribution in [0.3, 0.4) is 0 Å². The molecule has 0 heterocycles. The molecular weight excluding hydrogens is 246 g/mol. The lowest BCUT2D eigenvalue weighted by Crippen LogP contribution is -2.15. The van der Waals surface area contributed by atoms with Gasteiger partial charge in [-0.25, -0.2) is 13.6 Å². The van der Waals surface area contributed by atoms with Gasteiger partial charge in [-0.1, -0.05) is 0 Å². The maximum Gasteiger partial charge on any atom is 0.338 e. The molecule has 1 saturated carbocycles. The molecule has 2 N–H and O–H groups in total. The number of hydrogen-bond donors (Lipinski definition) is 2. The van der Waals surface area contributed by atoms with Gasteiger partial charge in [0.05, 0.1) is 12.0 Å². The number of hydrogen-bond acceptors (Lipinski definition) is 2. The van der Waals surface area contributed by atoms with Crippen molar-refractivity contribution in [1.82, 2.24) is 0 Å². The quantitative estimate of drug-likeness (QED) is 0.865. The van der Waals surface area contributed by atoms with E-state index in [9.17, 15) is 18.4 Å². The molecule has 6 heteroatoms. The van der Waals surface area contributed by atoms with Crippen molar-refractivity contribution >= 4 is 11.9 Å². The van der Waals surface area contributed by atoms with Crippen LogP contribution in [-0.2, 0) is 10.2 Å². The summed E-state index contributed by atoms with van der Waals surface area (Å²) in [7, 11) is 0. The summed E-state index contributed by atoms with van der Waals surface area (Å²) in [4.78, 5) is 21.5. The zero-order valence-corrected chi connectivity index (χ0v) is 9.24. The fourth-order valence-electron chi connectivity index (χ4n) is 2.06. The van der Waals surface area contributed by atoms with Crippen molar-refractivity contribution in [2.75, 3.05) is 0 Å². The fraction of sp³-hybridized carbons (Fsp3) is 0.333. The van der Waals surface area contributed by atoms with Crippen LogP contribution in [-0.4, -0.2) is 22.2 Å². The third-order valence-electron chi connectivity index (χ3n) is 3.21. The number of carboxylic acid groups (broad SMARTS) is 2. The smallest absolute Gasteiger partial charge is 0.338 e. The van der Waals surface area contributed by atoms with Crippen molar-refractivity contribution in [3.63, 3.8) is 0 Å². The molecular formula is C12H10F2O4. The Morgan fingerprint density at radius 1 is 1.22 bits per heavy atom. The predicted octanol–water partition coefficient (Wildman–Crippen LogP) is 2.17. The Labute approximate surface area is 101 Å². The molecule has 1 aromatic carbocycles. The lowest BCUT2D eigenvalue weighted by Gasteiger charge is -2.14. The minimum Gasteiger partial charge on any atom is -0.481 e. The van der Waals surface area contributed by atoms with E-state index in [2.05, 4.69) is 0 Å². The molecule has 0 spiro atoms. The zero-order valence-electron chi connectivity index (χ0n) is 9.24. The second kappa shape index (κ2) is 4.04. The van der Waals surface area contributed by atoms with E-state index in [-0.39, 0.29) is 12.0 Å². The third kappa shape index (κ3) is 2.05. The number of aromatic carboxylic acids is 1. The normalized spacial score (nSPS) is 16.3. The first-order valence-electron chi connectivity index (χ1n) is 5.30. The van der Waals surface area contributed by atoms with Crippen molar-refractivity contribution in [3.05, 3.63) is 34.9 Å². The predicted molar refractivity (Wildman–Crippen MR) is 56.5 cm³/mol. The minimum absolute atomic E-state index is 0.211. The van der Waals surface area contributed by atoms with Gasteiger partial charge in [0, 0.05) is 5.41 Å². The Morgan fingerprint density at radius 2 is 1.83 bits per heavy atom. The zero-order chi connectivity index (χ0) is 13.5. The highest BCUT2D eigenvalue weighted by atomic mass is 19.2. The average Bonchev–Trinajstić information content (AvgIpc) is 3.01. The third-order valence-corrected chi connectivity index (χ3v) is 3.21. The first kappa shape index (κ1) is 12.5. The Hall–Kier alpha value is -1.98. The summed E-state index contributed by atoms with van der Waals surface area (Å²) >= 11 is 0. The molecule has 1 aliphatic rings. The summed E-state index contributed by atoms with van der Waals surface area (Å²) < 4.78 is 26.5. The van der Waals surface area contributed by atoms with Crippen molar-refractivity contribution in [1.29, 1.82) is 0 Å². The summed E-state index contributed by atoms with van der Waals surface area (Å²) in [5.74, 6) is -5.30. The van der Waals surface area contributed by atoms with Gasteiger partial charge < -0.3 is 10.2 Å². The van der Waals surface area contributed by atoms with Crippen LogP contribution >= 0.6 is 0 Å². The number of carbonyl (C=O) groups is 2. The van der Waals surface area contributed by atoms with Gasteiger partial charge in [0.2, 0.25) is 0 Å². The van der Waals surface area contributed by atoms with E-state index < -0.39 is 34.6 Å². The molecule has 1 aromatic rings. The Morgan fingerprint density at radius 3 is 2.28 bits per heavy atom. The van der Waals surface area contributed by atoms with Gasteiger partial charge in [0.15, 0.2) is 11.6 Å². The van der Waals surface area contributed by atoms with Crippen molar-refractivity contribution in [3.8, 4) is 0 Å². The fourth-order valence-corrected chi connectivity index (χ4v) is 2.06. The van der Waals surface area contributed by atoms with Crippen LogP contribution in [0.5, 0.6) is 0 Å². The molecule has 0 bridgehead atoms. The van der Waals surface area contributed by atoms with E-state index in [4.69, 9.17) is 10.2 Å². The number of carboxylic acids is 2. The van der Waals surface area contributed by atoms with E-state index in [0.717, 1.165) is 12.1 Å². The van der Waals surface area contributed by atoms with E-state index in [1.54, 1.807) is 0 Å². The van der Waals surface area contributed by atoms with Crippen molar-refractivity contribution in [2.45, 2.75) is 24.7 Å². The SMILES string of the molecule is O=C(O)CC1(c2cc(F)c(F)c(C(=O)O)c2)CC1. The van der Waals surface area contributed by atoms with Crippen LogP contribution in [0.15, 0.2) is 12.1 Å². The largest absolute Gasteiger partial charge is 0.481 e. The lowest BCUT2D eigenvalue weighted by atomic mass is 9.91. The van der Waals surface area contributed by atoms with Gasteiger partial charge in [-0.2, -0.15) is 0 Å². The molecule has 0 saturated heterocycles. The van der Waals surface area contributed by atoms with Crippen LogP contribution < -0.4 is 0 Å². The second-order valence-corrected chi connectivity index (χ2v) is 4.48. The first-order valence-corrected chi connectivity index (χ1v) is 5.30.